The number of rotatable bonds is 2. The Kier molecular flexibility index (Phi) is 2.55. The van der Waals surface area contributed by atoms with Crippen LogP contribution in [0.5, 0.6) is 0 Å². The number of nitrogens with one attached hydrogen (secondary N) is 1. The lowest BCUT2D eigenvalue weighted by atomic mass is 10.3. The minimum absolute atomic E-state index is 0.226. The normalized spacial score (nSPS) is 10.5. The molecule has 4 nitrogen and oxygen atoms in total. The van der Waals surface area contributed by atoms with E-state index in [0.29, 0.717) is 5.89 Å². The van der Waals surface area contributed by atoms with Crippen LogP contribution >= 0.6 is 12.2 Å². The molecule has 0 amide bonds. The standard InChI is InChI=1S/C10H11N3OS/c1-2-8-13-9-6(12-10(11)15)4-3-5-7(9)14-8/h3-5H,2H2,1H3,(H3,11,12,15). The highest BCUT2D eigenvalue weighted by molar-refractivity contribution is 7.80. The van der Waals surface area contributed by atoms with E-state index in [0.717, 1.165) is 23.2 Å². The van der Waals surface area contributed by atoms with Gasteiger partial charge < -0.3 is 15.5 Å². The largest absolute Gasteiger partial charge is 0.441 e. The molecule has 5 heteroatoms. The average molecular weight is 221 g/mol. The average Bonchev–Trinajstić information content (AvgIpc) is 2.61. The fraction of sp³-hybridized carbons (Fsp3) is 0.200. The summed E-state index contributed by atoms with van der Waals surface area (Å²) in [6.45, 7) is 1.99. The molecule has 0 unspecified atom stereocenters. The van der Waals surface area contributed by atoms with Crippen molar-refractivity contribution in [3.63, 3.8) is 0 Å². The molecule has 0 aliphatic carbocycles. The number of nitrogens with two attached hydrogens (primary N) is 1. The van der Waals surface area contributed by atoms with Crippen molar-refractivity contribution in [1.82, 2.24) is 4.98 Å². The topological polar surface area (TPSA) is 64.1 Å². The highest BCUT2D eigenvalue weighted by Gasteiger charge is 2.08. The first-order valence-electron chi connectivity index (χ1n) is 4.65. The minimum atomic E-state index is 0.226. The molecular weight excluding hydrogens is 210 g/mol. The van der Waals surface area contributed by atoms with E-state index in [9.17, 15) is 0 Å². The Morgan fingerprint density at radius 3 is 3.07 bits per heavy atom. The Bertz CT molecular complexity index is 506. The highest BCUT2D eigenvalue weighted by Crippen LogP contribution is 2.23. The number of benzene rings is 1. The van der Waals surface area contributed by atoms with Gasteiger partial charge in [0.1, 0.15) is 5.52 Å². The van der Waals surface area contributed by atoms with Crippen molar-refractivity contribution < 1.29 is 4.42 Å². The third-order valence-corrected chi connectivity index (χ3v) is 2.13. The van der Waals surface area contributed by atoms with Gasteiger partial charge in [-0.1, -0.05) is 13.0 Å². The van der Waals surface area contributed by atoms with Gasteiger partial charge >= 0.3 is 0 Å². The maximum Gasteiger partial charge on any atom is 0.195 e. The first kappa shape index (κ1) is 9.92. The van der Waals surface area contributed by atoms with Crippen molar-refractivity contribution in [1.29, 1.82) is 0 Å². The second-order valence-electron chi connectivity index (χ2n) is 3.10. The van der Waals surface area contributed by atoms with E-state index in [2.05, 4.69) is 10.3 Å². The van der Waals surface area contributed by atoms with E-state index < -0.39 is 0 Å². The SMILES string of the molecule is CCc1nc2c(NC(N)=S)cccc2o1. The van der Waals surface area contributed by atoms with Gasteiger partial charge in [0, 0.05) is 6.42 Å². The number of hydrogen-bond donors (Lipinski definition) is 2. The van der Waals surface area contributed by atoms with Crippen molar-refractivity contribution in [2.24, 2.45) is 5.73 Å². The van der Waals surface area contributed by atoms with Gasteiger partial charge in [0.15, 0.2) is 16.6 Å². The molecular formula is C10H11N3OS. The van der Waals surface area contributed by atoms with Gasteiger partial charge in [-0.05, 0) is 24.4 Å². The summed E-state index contributed by atoms with van der Waals surface area (Å²) in [7, 11) is 0. The Balaban J connectivity index is 2.54. The number of oxazole rings is 1. The van der Waals surface area contributed by atoms with Gasteiger partial charge in [0.2, 0.25) is 0 Å². The quantitative estimate of drug-likeness (QED) is 0.760. The van der Waals surface area contributed by atoms with E-state index in [-0.39, 0.29) is 5.11 Å². The molecule has 1 heterocycles. The molecule has 15 heavy (non-hydrogen) atoms. The van der Waals surface area contributed by atoms with Crippen LogP contribution in [-0.4, -0.2) is 10.1 Å². The molecule has 0 aliphatic heterocycles. The summed E-state index contributed by atoms with van der Waals surface area (Å²) < 4.78 is 5.50. The molecule has 0 fully saturated rings. The molecule has 0 bridgehead atoms. The van der Waals surface area contributed by atoms with Crippen LogP contribution in [0.2, 0.25) is 0 Å². The third kappa shape index (κ3) is 1.92. The Labute approximate surface area is 92.5 Å². The lowest BCUT2D eigenvalue weighted by molar-refractivity contribution is 0.538. The van der Waals surface area contributed by atoms with Crippen LogP contribution in [0.1, 0.15) is 12.8 Å². The molecule has 3 N–H and O–H groups in total. The van der Waals surface area contributed by atoms with Crippen molar-refractivity contribution in [3.05, 3.63) is 24.1 Å². The molecule has 0 saturated carbocycles. The van der Waals surface area contributed by atoms with Gasteiger partial charge in [-0.25, -0.2) is 4.98 Å². The second-order valence-corrected chi connectivity index (χ2v) is 3.54. The van der Waals surface area contributed by atoms with Crippen LogP contribution < -0.4 is 11.1 Å². The van der Waals surface area contributed by atoms with Crippen LogP contribution in [0.4, 0.5) is 5.69 Å². The molecule has 0 spiro atoms. The van der Waals surface area contributed by atoms with E-state index in [1.54, 1.807) is 0 Å². The first-order chi connectivity index (χ1) is 7.20. The summed E-state index contributed by atoms with van der Waals surface area (Å²) in [6.07, 6.45) is 0.765. The predicted octanol–water partition coefficient (Wildman–Crippen LogP) is 2.05. The van der Waals surface area contributed by atoms with Crippen molar-refractivity contribution in [2.75, 3.05) is 5.32 Å². The van der Waals surface area contributed by atoms with Crippen molar-refractivity contribution >= 4 is 34.1 Å². The minimum Gasteiger partial charge on any atom is -0.441 e. The molecule has 2 rings (SSSR count). The molecule has 1 aromatic heterocycles. The van der Waals surface area contributed by atoms with E-state index >= 15 is 0 Å². The summed E-state index contributed by atoms with van der Waals surface area (Å²) >= 11 is 4.78. The lowest BCUT2D eigenvalue weighted by Crippen LogP contribution is -2.18. The number of thiocarbonyl (C=S) groups is 1. The number of anilines is 1. The molecule has 78 valence electrons. The number of para-hydroxylation sites is 1. The number of aromatic nitrogens is 1. The van der Waals surface area contributed by atoms with Gasteiger partial charge in [0.05, 0.1) is 5.69 Å². The monoisotopic (exact) mass is 221 g/mol. The smallest absolute Gasteiger partial charge is 0.195 e. The highest BCUT2D eigenvalue weighted by atomic mass is 32.1. The summed E-state index contributed by atoms with van der Waals surface area (Å²) in [5, 5.41) is 3.10. The maximum atomic E-state index is 5.50. The summed E-state index contributed by atoms with van der Waals surface area (Å²) in [6, 6.07) is 5.60. The van der Waals surface area contributed by atoms with Gasteiger partial charge in [0.25, 0.3) is 0 Å². The van der Waals surface area contributed by atoms with Crippen LogP contribution in [-0.2, 0) is 6.42 Å². The van der Waals surface area contributed by atoms with Crippen molar-refractivity contribution in [3.8, 4) is 0 Å². The van der Waals surface area contributed by atoms with Crippen LogP contribution in [0.15, 0.2) is 22.6 Å². The zero-order valence-corrected chi connectivity index (χ0v) is 9.10. The fourth-order valence-corrected chi connectivity index (χ4v) is 1.49. The number of aryl methyl sites for hydroxylation is 1. The molecule has 0 saturated heterocycles. The van der Waals surface area contributed by atoms with Crippen LogP contribution in [0.3, 0.4) is 0 Å². The summed E-state index contributed by atoms with van der Waals surface area (Å²) in [5.41, 5.74) is 7.71. The third-order valence-electron chi connectivity index (χ3n) is 2.02. The van der Waals surface area contributed by atoms with Gasteiger partial charge in [-0.3, -0.25) is 0 Å². The first-order valence-corrected chi connectivity index (χ1v) is 5.06. The lowest BCUT2D eigenvalue weighted by Gasteiger charge is -2.02. The van der Waals surface area contributed by atoms with Gasteiger partial charge in [-0.15, -0.1) is 0 Å². The number of nitrogens with zero attached hydrogens (tertiary/aromatic N) is 1. The van der Waals surface area contributed by atoms with E-state index in [1.165, 1.54) is 0 Å². The molecule has 0 aliphatic rings. The second kappa shape index (κ2) is 3.86. The fourth-order valence-electron chi connectivity index (χ4n) is 1.38. The molecule has 2 aromatic rings. The van der Waals surface area contributed by atoms with E-state index in [4.69, 9.17) is 22.4 Å². The number of fused-ring (bicyclic) bond motifs is 1. The molecule has 1 aromatic carbocycles. The molecule has 0 radical (unpaired) electrons. The number of hydrogen-bond acceptors (Lipinski definition) is 3. The summed E-state index contributed by atoms with van der Waals surface area (Å²) in [5.74, 6) is 0.710. The Morgan fingerprint density at radius 2 is 2.40 bits per heavy atom. The van der Waals surface area contributed by atoms with Crippen LogP contribution in [0, 0.1) is 0 Å². The predicted molar refractivity (Wildman–Crippen MR) is 63.8 cm³/mol. The van der Waals surface area contributed by atoms with E-state index in [1.807, 2.05) is 25.1 Å². The zero-order chi connectivity index (χ0) is 10.8. The maximum absolute atomic E-state index is 5.50. The molecule has 0 atom stereocenters. The zero-order valence-electron chi connectivity index (χ0n) is 8.28. The Hall–Kier alpha value is -1.62. The Morgan fingerprint density at radius 1 is 1.60 bits per heavy atom. The van der Waals surface area contributed by atoms with Gasteiger partial charge in [-0.2, -0.15) is 0 Å². The van der Waals surface area contributed by atoms with Crippen molar-refractivity contribution in [2.45, 2.75) is 13.3 Å². The van der Waals surface area contributed by atoms with Crippen LogP contribution in [0.25, 0.3) is 11.1 Å². The summed E-state index contributed by atoms with van der Waals surface area (Å²) in [4.78, 5) is 4.34.